The first-order valence-corrected chi connectivity index (χ1v) is 9.71. The SMILES string of the molecule is Cn1c(SCc2noc(-c3cccc(Cl)c3)n2)nnc1-c1ccc(Cl)cc1. The van der Waals surface area contributed by atoms with Gasteiger partial charge in [-0.1, -0.05) is 46.2 Å². The number of halogens is 2. The number of hydrogen-bond donors (Lipinski definition) is 0. The summed E-state index contributed by atoms with van der Waals surface area (Å²) in [5, 5.41) is 14.6. The molecule has 0 aliphatic rings. The molecule has 0 spiro atoms. The fourth-order valence-electron chi connectivity index (χ4n) is 2.47. The molecule has 0 aliphatic carbocycles. The molecule has 0 radical (unpaired) electrons. The molecule has 0 saturated carbocycles. The maximum atomic E-state index is 6.00. The summed E-state index contributed by atoms with van der Waals surface area (Å²) in [5.41, 5.74) is 1.74. The molecule has 136 valence electrons. The van der Waals surface area contributed by atoms with Gasteiger partial charge in [0.05, 0.1) is 5.75 Å². The molecule has 0 bridgehead atoms. The van der Waals surface area contributed by atoms with Crippen LogP contribution >= 0.6 is 35.0 Å². The van der Waals surface area contributed by atoms with E-state index in [1.807, 2.05) is 48.0 Å². The highest BCUT2D eigenvalue weighted by atomic mass is 35.5. The largest absolute Gasteiger partial charge is 0.334 e. The van der Waals surface area contributed by atoms with E-state index in [4.69, 9.17) is 27.7 Å². The summed E-state index contributed by atoms with van der Waals surface area (Å²) >= 11 is 13.4. The average Bonchev–Trinajstić information content (AvgIpc) is 3.28. The van der Waals surface area contributed by atoms with Crippen molar-refractivity contribution in [2.45, 2.75) is 10.9 Å². The predicted octanol–water partition coefficient (Wildman–Crippen LogP) is 5.13. The van der Waals surface area contributed by atoms with Crippen LogP contribution in [0.25, 0.3) is 22.8 Å². The van der Waals surface area contributed by atoms with Gasteiger partial charge in [-0.2, -0.15) is 4.98 Å². The molecule has 0 N–H and O–H groups in total. The maximum absolute atomic E-state index is 6.00. The summed E-state index contributed by atoms with van der Waals surface area (Å²) < 4.78 is 7.24. The molecular weight excluding hydrogens is 405 g/mol. The molecule has 0 aliphatic heterocycles. The van der Waals surface area contributed by atoms with Crippen molar-refractivity contribution in [3.63, 3.8) is 0 Å². The van der Waals surface area contributed by atoms with E-state index in [0.29, 0.717) is 27.5 Å². The number of rotatable bonds is 5. The van der Waals surface area contributed by atoms with E-state index in [2.05, 4.69) is 20.3 Å². The second kappa shape index (κ2) is 7.72. The van der Waals surface area contributed by atoms with Gasteiger partial charge in [-0.15, -0.1) is 10.2 Å². The van der Waals surface area contributed by atoms with Crippen LogP contribution in [-0.2, 0) is 12.8 Å². The second-order valence-electron chi connectivity index (χ2n) is 5.69. The zero-order chi connectivity index (χ0) is 18.8. The number of benzene rings is 2. The fourth-order valence-corrected chi connectivity index (χ4v) is 3.54. The van der Waals surface area contributed by atoms with E-state index in [-0.39, 0.29) is 0 Å². The van der Waals surface area contributed by atoms with Gasteiger partial charge in [-0.25, -0.2) is 0 Å². The first kappa shape index (κ1) is 18.0. The van der Waals surface area contributed by atoms with Crippen molar-refractivity contribution in [3.8, 4) is 22.8 Å². The number of hydrogen-bond acceptors (Lipinski definition) is 6. The van der Waals surface area contributed by atoms with Crippen LogP contribution in [0.4, 0.5) is 0 Å². The van der Waals surface area contributed by atoms with E-state index < -0.39 is 0 Å². The van der Waals surface area contributed by atoms with Gasteiger partial charge in [0.2, 0.25) is 0 Å². The predicted molar refractivity (Wildman–Crippen MR) is 106 cm³/mol. The lowest BCUT2D eigenvalue weighted by Crippen LogP contribution is -1.95. The van der Waals surface area contributed by atoms with E-state index in [1.165, 1.54) is 11.8 Å². The molecular formula is C18H13Cl2N5OS. The van der Waals surface area contributed by atoms with Crippen molar-refractivity contribution in [1.82, 2.24) is 24.9 Å². The fraction of sp³-hybridized carbons (Fsp3) is 0.111. The minimum Gasteiger partial charge on any atom is -0.334 e. The van der Waals surface area contributed by atoms with Gasteiger partial charge >= 0.3 is 0 Å². The van der Waals surface area contributed by atoms with Crippen LogP contribution < -0.4 is 0 Å². The van der Waals surface area contributed by atoms with Gasteiger partial charge < -0.3 is 9.09 Å². The van der Waals surface area contributed by atoms with Gasteiger partial charge in [0.15, 0.2) is 16.8 Å². The zero-order valence-corrected chi connectivity index (χ0v) is 16.5. The standard InChI is InChI=1S/C18H13Cl2N5OS/c1-25-16(11-5-7-13(19)8-6-11)22-23-18(25)27-10-15-21-17(26-24-15)12-3-2-4-14(20)9-12/h2-9H,10H2,1H3. The number of thioether (sulfide) groups is 1. The average molecular weight is 418 g/mol. The Bertz CT molecular complexity index is 1080. The third kappa shape index (κ3) is 4.00. The zero-order valence-electron chi connectivity index (χ0n) is 14.1. The Kier molecular flexibility index (Phi) is 5.15. The Morgan fingerprint density at radius 2 is 1.81 bits per heavy atom. The molecule has 2 aromatic heterocycles. The lowest BCUT2D eigenvalue weighted by molar-refractivity contribution is 0.425. The smallest absolute Gasteiger partial charge is 0.258 e. The highest BCUT2D eigenvalue weighted by Crippen LogP contribution is 2.27. The minimum atomic E-state index is 0.438. The van der Waals surface area contributed by atoms with Crippen LogP contribution in [0.3, 0.4) is 0 Å². The van der Waals surface area contributed by atoms with Gasteiger partial charge in [-0.3, -0.25) is 0 Å². The maximum Gasteiger partial charge on any atom is 0.258 e. The van der Waals surface area contributed by atoms with Crippen molar-refractivity contribution in [3.05, 3.63) is 64.4 Å². The molecule has 2 aromatic carbocycles. The molecule has 0 unspecified atom stereocenters. The van der Waals surface area contributed by atoms with E-state index >= 15 is 0 Å². The Labute approximate surface area is 169 Å². The summed E-state index contributed by atoms with van der Waals surface area (Å²) in [5.74, 6) is 2.29. The number of aromatic nitrogens is 5. The molecule has 27 heavy (non-hydrogen) atoms. The van der Waals surface area contributed by atoms with Crippen LogP contribution in [0.5, 0.6) is 0 Å². The molecule has 9 heteroatoms. The quantitative estimate of drug-likeness (QED) is 0.419. The monoisotopic (exact) mass is 417 g/mol. The van der Waals surface area contributed by atoms with E-state index in [9.17, 15) is 0 Å². The number of nitrogens with zero attached hydrogens (tertiary/aromatic N) is 5. The van der Waals surface area contributed by atoms with Gasteiger partial charge in [0.1, 0.15) is 0 Å². The third-order valence-electron chi connectivity index (χ3n) is 3.81. The Morgan fingerprint density at radius 3 is 2.59 bits per heavy atom. The van der Waals surface area contributed by atoms with Gasteiger partial charge in [0.25, 0.3) is 5.89 Å². The summed E-state index contributed by atoms with van der Waals surface area (Å²) in [6.07, 6.45) is 0. The molecule has 6 nitrogen and oxygen atoms in total. The van der Waals surface area contributed by atoms with Crippen molar-refractivity contribution < 1.29 is 4.52 Å². The van der Waals surface area contributed by atoms with Crippen molar-refractivity contribution >= 4 is 35.0 Å². The second-order valence-corrected chi connectivity index (χ2v) is 7.50. The third-order valence-corrected chi connectivity index (χ3v) is 5.31. The Balaban J connectivity index is 1.47. The summed E-state index contributed by atoms with van der Waals surface area (Å²) in [6.45, 7) is 0. The van der Waals surface area contributed by atoms with E-state index in [0.717, 1.165) is 22.1 Å². The van der Waals surface area contributed by atoms with Gasteiger partial charge in [-0.05, 0) is 42.5 Å². The highest BCUT2D eigenvalue weighted by molar-refractivity contribution is 7.98. The summed E-state index contributed by atoms with van der Waals surface area (Å²) in [7, 11) is 1.92. The summed E-state index contributed by atoms with van der Waals surface area (Å²) in [6, 6.07) is 14.8. The topological polar surface area (TPSA) is 69.6 Å². The van der Waals surface area contributed by atoms with Crippen molar-refractivity contribution in [2.24, 2.45) is 7.05 Å². The van der Waals surface area contributed by atoms with Crippen LogP contribution in [0.1, 0.15) is 5.82 Å². The Hall–Kier alpha value is -2.35. The van der Waals surface area contributed by atoms with Crippen molar-refractivity contribution in [2.75, 3.05) is 0 Å². The first-order valence-electron chi connectivity index (χ1n) is 7.97. The lowest BCUT2D eigenvalue weighted by atomic mass is 10.2. The minimum absolute atomic E-state index is 0.438. The van der Waals surface area contributed by atoms with Crippen LogP contribution in [-0.4, -0.2) is 24.9 Å². The summed E-state index contributed by atoms with van der Waals surface area (Å²) in [4.78, 5) is 4.41. The molecule has 0 atom stereocenters. The van der Waals surface area contributed by atoms with Crippen molar-refractivity contribution in [1.29, 1.82) is 0 Å². The Morgan fingerprint density at radius 1 is 1.00 bits per heavy atom. The molecule has 4 rings (SSSR count). The molecule has 0 amide bonds. The molecule has 0 fully saturated rings. The normalized spacial score (nSPS) is 11.1. The lowest BCUT2D eigenvalue weighted by Gasteiger charge is -2.03. The van der Waals surface area contributed by atoms with Crippen LogP contribution in [0, 0.1) is 0 Å². The molecule has 0 saturated heterocycles. The van der Waals surface area contributed by atoms with Crippen LogP contribution in [0.15, 0.2) is 58.2 Å². The van der Waals surface area contributed by atoms with Crippen LogP contribution in [0.2, 0.25) is 10.0 Å². The van der Waals surface area contributed by atoms with E-state index in [1.54, 1.807) is 12.1 Å². The molecule has 4 aromatic rings. The first-order chi connectivity index (χ1) is 13.1. The van der Waals surface area contributed by atoms with Gasteiger partial charge in [0, 0.05) is 28.2 Å². The molecule has 2 heterocycles. The highest BCUT2D eigenvalue weighted by Gasteiger charge is 2.14.